The van der Waals surface area contributed by atoms with E-state index in [1.807, 2.05) is 0 Å². The average molecular weight is 728 g/mol. The maximum absolute atomic E-state index is 5.40. The molecule has 1 aromatic heterocycles. The maximum Gasteiger partial charge on any atom is 0.182 e. The topological polar surface area (TPSA) is 45.2 Å². The molecule has 0 unspecified atom stereocenters. The first-order valence-corrected chi connectivity index (χ1v) is 19.4. The van der Waals surface area contributed by atoms with Crippen LogP contribution in [-0.2, 0) is 0 Å². The molecule has 0 aliphatic carbocycles. The van der Waals surface area contributed by atoms with Gasteiger partial charge < -0.3 is 4.90 Å². The van der Waals surface area contributed by atoms with Crippen LogP contribution in [0.3, 0.4) is 0 Å². The van der Waals surface area contributed by atoms with E-state index >= 15 is 0 Å². The van der Waals surface area contributed by atoms with Crippen LogP contribution in [-0.4, -0.2) is 26.4 Å². The Balaban J connectivity index is 1.07. The largest absolute Gasteiger partial charge is 0.321 e. The van der Waals surface area contributed by atoms with Gasteiger partial charge in [0.2, 0.25) is 0 Å². The first-order valence-electron chi connectivity index (χ1n) is 19.4. The molecule has 0 atom stereocenters. The van der Waals surface area contributed by atoms with E-state index in [-0.39, 0.29) is 0 Å². The molecule has 10 aromatic rings. The number of hydrogen-bond donors (Lipinski definition) is 0. The Morgan fingerprint density at radius 3 is 1.74 bits per heavy atom. The molecule has 9 aromatic carbocycles. The Bertz CT molecular complexity index is 3210. The molecule has 0 N–H and O–H groups in total. The lowest BCUT2D eigenvalue weighted by Crippen LogP contribution is -2.27. The van der Waals surface area contributed by atoms with Crippen LogP contribution in [0.15, 0.2) is 194 Å². The highest BCUT2D eigenvalue weighted by molar-refractivity contribution is 6.23. The lowest BCUT2D eigenvalue weighted by Gasteiger charge is -2.30. The summed E-state index contributed by atoms with van der Waals surface area (Å²) in [5.74, 6) is 2.31. The molecular weight excluding hydrogens is 695 g/mol. The Kier molecular flexibility index (Phi) is 6.92. The summed E-state index contributed by atoms with van der Waals surface area (Å²) >= 11 is 0. The van der Waals surface area contributed by atoms with Crippen molar-refractivity contribution >= 4 is 76.5 Å². The standard InChI is InChI=1S/C52H33N5/c1-3-12-35(13-4-1)49-50(52-54-32-53-51(55-52)48-43-20-9-7-14-37(43)28-38-15-8-10-21-44(38)48)57(42-18-5-2-6-19-42)45-31-36(26-27-56(45)49)41-29-39-24-22-33-16-11-17-34-23-25-40(30-41)47(39)46(33)34/h1-26,28-32H,27H2. The van der Waals surface area contributed by atoms with E-state index in [1.54, 1.807) is 6.33 Å². The second-order valence-electron chi connectivity index (χ2n) is 14.8. The molecule has 57 heavy (non-hydrogen) atoms. The van der Waals surface area contributed by atoms with Gasteiger partial charge in [0.15, 0.2) is 11.6 Å². The first-order chi connectivity index (χ1) is 28.3. The Labute approximate surface area is 329 Å². The highest BCUT2D eigenvalue weighted by Gasteiger charge is 2.39. The fourth-order valence-electron chi connectivity index (χ4n) is 9.14. The fraction of sp³-hybridized carbons (Fsp3) is 0.0192. The SMILES string of the molecule is C1=C(c2cc3ccc4cccc5ccc(c2)c3c45)C=C2N(C1)C(c1ccccc1)=C(c1ncnc(-c3c4ccccc4cc4ccccc34)n1)N2c1ccccc1. The predicted octanol–water partition coefficient (Wildman–Crippen LogP) is 12.3. The van der Waals surface area contributed by atoms with Gasteiger partial charge in [-0.2, -0.15) is 0 Å². The summed E-state index contributed by atoms with van der Waals surface area (Å²) in [5, 5.41) is 12.2. The third kappa shape index (κ3) is 4.92. The van der Waals surface area contributed by atoms with Crippen LogP contribution in [0.25, 0.3) is 82.2 Å². The number of aromatic nitrogens is 3. The van der Waals surface area contributed by atoms with Gasteiger partial charge in [0, 0.05) is 23.4 Å². The molecule has 0 fully saturated rings. The van der Waals surface area contributed by atoms with Gasteiger partial charge in [0.25, 0.3) is 0 Å². The van der Waals surface area contributed by atoms with Crippen LogP contribution in [0.5, 0.6) is 0 Å². The molecular formula is C52H33N5. The van der Waals surface area contributed by atoms with E-state index < -0.39 is 0 Å². The van der Waals surface area contributed by atoms with E-state index in [1.165, 1.54) is 43.5 Å². The Hall–Kier alpha value is -7.63. The van der Waals surface area contributed by atoms with Crippen molar-refractivity contribution in [1.82, 2.24) is 19.9 Å². The van der Waals surface area contributed by atoms with Crippen LogP contribution >= 0.6 is 0 Å². The summed E-state index contributed by atoms with van der Waals surface area (Å²) in [6.07, 6.45) is 6.36. The molecule has 5 nitrogen and oxygen atoms in total. The summed E-state index contributed by atoms with van der Waals surface area (Å²) in [5.41, 5.74) is 7.47. The summed E-state index contributed by atoms with van der Waals surface area (Å²) in [4.78, 5) is 20.0. The fourth-order valence-corrected chi connectivity index (χ4v) is 9.14. The van der Waals surface area contributed by atoms with Crippen molar-refractivity contribution in [2.75, 3.05) is 11.4 Å². The molecule has 0 spiro atoms. The second-order valence-corrected chi connectivity index (χ2v) is 14.8. The third-order valence-electron chi connectivity index (χ3n) is 11.6. The molecule has 266 valence electrons. The van der Waals surface area contributed by atoms with Crippen molar-refractivity contribution in [3.8, 4) is 11.4 Å². The van der Waals surface area contributed by atoms with E-state index in [2.05, 4.69) is 192 Å². The summed E-state index contributed by atoms with van der Waals surface area (Å²) in [7, 11) is 0. The predicted molar refractivity (Wildman–Crippen MR) is 235 cm³/mol. The van der Waals surface area contributed by atoms with Crippen molar-refractivity contribution in [3.05, 3.63) is 211 Å². The lowest BCUT2D eigenvalue weighted by molar-refractivity contribution is 0.548. The molecule has 0 bridgehead atoms. The van der Waals surface area contributed by atoms with Gasteiger partial charge in [0.05, 0.1) is 5.70 Å². The molecule has 2 aliphatic rings. The molecule has 0 saturated heterocycles. The van der Waals surface area contributed by atoms with E-state index in [4.69, 9.17) is 15.0 Å². The van der Waals surface area contributed by atoms with E-state index in [0.29, 0.717) is 18.2 Å². The van der Waals surface area contributed by atoms with Gasteiger partial charge in [-0.15, -0.1) is 0 Å². The van der Waals surface area contributed by atoms with E-state index in [0.717, 1.165) is 55.6 Å². The highest BCUT2D eigenvalue weighted by Crippen LogP contribution is 2.48. The highest BCUT2D eigenvalue weighted by atomic mass is 15.4. The molecule has 5 heteroatoms. The van der Waals surface area contributed by atoms with E-state index in [9.17, 15) is 0 Å². The second kappa shape index (κ2) is 12.4. The minimum atomic E-state index is 0.611. The number of anilines is 1. The van der Waals surface area contributed by atoms with Crippen LogP contribution in [0.2, 0.25) is 0 Å². The normalized spacial score (nSPS) is 14.3. The number of nitrogens with zero attached hydrogens (tertiary/aromatic N) is 5. The van der Waals surface area contributed by atoms with Gasteiger partial charge >= 0.3 is 0 Å². The summed E-state index contributed by atoms with van der Waals surface area (Å²) < 4.78 is 0. The molecule has 2 aliphatic heterocycles. The molecule has 0 saturated carbocycles. The lowest BCUT2D eigenvalue weighted by atomic mass is 9.91. The van der Waals surface area contributed by atoms with Gasteiger partial charge in [-0.25, -0.2) is 15.0 Å². The van der Waals surface area contributed by atoms with Gasteiger partial charge in [-0.1, -0.05) is 146 Å². The zero-order chi connectivity index (χ0) is 37.5. The van der Waals surface area contributed by atoms with Crippen LogP contribution < -0.4 is 4.90 Å². The van der Waals surface area contributed by atoms with Crippen LogP contribution in [0.1, 0.15) is 17.0 Å². The summed E-state index contributed by atoms with van der Waals surface area (Å²) in [6, 6.07) is 60.8. The quantitative estimate of drug-likeness (QED) is 0.130. The van der Waals surface area contributed by atoms with Gasteiger partial charge in [-0.3, -0.25) is 4.90 Å². The van der Waals surface area contributed by atoms with Crippen molar-refractivity contribution in [2.45, 2.75) is 0 Å². The van der Waals surface area contributed by atoms with Crippen LogP contribution in [0, 0.1) is 0 Å². The maximum atomic E-state index is 5.40. The number of fused-ring (bicyclic) bond motifs is 3. The number of para-hydroxylation sites is 1. The molecule has 12 rings (SSSR count). The third-order valence-corrected chi connectivity index (χ3v) is 11.6. The monoisotopic (exact) mass is 727 g/mol. The number of allylic oxidation sites excluding steroid dienone is 2. The Morgan fingerprint density at radius 2 is 1.04 bits per heavy atom. The van der Waals surface area contributed by atoms with Gasteiger partial charge in [-0.05, 0) is 101 Å². The smallest absolute Gasteiger partial charge is 0.182 e. The number of benzene rings is 9. The van der Waals surface area contributed by atoms with Crippen LogP contribution in [0.4, 0.5) is 5.69 Å². The average Bonchev–Trinajstić information content (AvgIpc) is 3.62. The Morgan fingerprint density at radius 1 is 0.456 bits per heavy atom. The van der Waals surface area contributed by atoms with Gasteiger partial charge in [0.1, 0.15) is 17.8 Å². The van der Waals surface area contributed by atoms with Crippen molar-refractivity contribution < 1.29 is 0 Å². The zero-order valence-corrected chi connectivity index (χ0v) is 30.8. The minimum Gasteiger partial charge on any atom is -0.321 e. The van der Waals surface area contributed by atoms with Crippen molar-refractivity contribution in [3.63, 3.8) is 0 Å². The molecule has 0 amide bonds. The summed E-state index contributed by atoms with van der Waals surface area (Å²) in [6.45, 7) is 0.676. The first kappa shape index (κ1) is 31.7. The molecule has 3 heterocycles. The number of hydrogen-bond acceptors (Lipinski definition) is 5. The molecule has 0 radical (unpaired) electrons. The minimum absolute atomic E-state index is 0.611. The van der Waals surface area contributed by atoms with Crippen molar-refractivity contribution in [2.24, 2.45) is 0 Å². The number of rotatable bonds is 5. The zero-order valence-electron chi connectivity index (χ0n) is 30.8. The van der Waals surface area contributed by atoms with Crippen molar-refractivity contribution in [1.29, 1.82) is 0 Å².